The molecule has 1 unspecified atom stereocenters. The number of urea groups is 1. The molecule has 4 rings (SSSR count). The van der Waals surface area contributed by atoms with E-state index in [1.807, 2.05) is 24.3 Å². The lowest BCUT2D eigenvalue weighted by molar-refractivity contribution is -0.140. The fraction of sp³-hybridized carbons (Fsp3) is 0.179. The smallest absolute Gasteiger partial charge is 0.338 e. The standard InChI is InChI=1S/C28H24FN3O4/c1-35-23-12-5-18(6-13-23)7-14-24-25(27(33)36-17-20-4-2-3-19(15-20)16-30)26(32-28(34)31-24)21-8-10-22(29)11-9-21/h2-6,8-13,15,26H,7,14,17H2,1H3,(H2,31,32,34). The quantitative estimate of drug-likeness (QED) is 0.451. The van der Waals surface area contributed by atoms with Gasteiger partial charge in [0.05, 0.1) is 30.4 Å². The summed E-state index contributed by atoms with van der Waals surface area (Å²) in [6, 6.07) is 20.7. The highest BCUT2D eigenvalue weighted by Gasteiger charge is 2.33. The zero-order valence-electron chi connectivity index (χ0n) is 19.6. The van der Waals surface area contributed by atoms with Crippen molar-refractivity contribution in [2.24, 2.45) is 0 Å². The molecule has 0 saturated carbocycles. The van der Waals surface area contributed by atoms with Gasteiger partial charge < -0.3 is 20.1 Å². The summed E-state index contributed by atoms with van der Waals surface area (Å²) in [5.74, 6) is -0.317. The number of carbonyl (C=O) groups is 2. The van der Waals surface area contributed by atoms with E-state index in [-0.39, 0.29) is 12.2 Å². The number of ether oxygens (including phenoxy) is 2. The highest BCUT2D eigenvalue weighted by molar-refractivity contribution is 5.95. The van der Waals surface area contributed by atoms with Gasteiger partial charge >= 0.3 is 12.0 Å². The Balaban J connectivity index is 1.63. The second-order valence-electron chi connectivity index (χ2n) is 8.21. The first-order chi connectivity index (χ1) is 17.5. The Labute approximate surface area is 208 Å². The number of carbonyl (C=O) groups excluding carboxylic acids is 2. The van der Waals surface area contributed by atoms with Crippen LogP contribution in [0.2, 0.25) is 0 Å². The molecule has 1 aliphatic rings. The van der Waals surface area contributed by atoms with E-state index >= 15 is 0 Å². The maximum Gasteiger partial charge on any atom is 0.338 e. The number of benzene rings is 3. The minimum absolute atomic E-state index is 0.0479. The predicted octanol–water partition coefficient (Wildman–Crippen LogP) is 4.69. The number of nitrogens with one attached hydrogen (secondary N) is 2. The van der Waals surface area contributed by atoms with Crippen molar-refractivity contribution in [3.63, 3.8) is 0 Å². The third-order valence-corrected chi connectivity index (χ3v) is 5.83. The van der Waals surface area contributed by atoms with Crippen molar-refractivity contribution in [3.8, 4) is 11.8 Å². The van der Waals surface area contributed by atoms with E-state index in [1.54, 1.807) is 31.4 Å². The summed E-state index contributed by atoms with van der Waals surface area (Å²) in [4.78, 5) is 25.9. The van der Waals surface area contributed by atoms with Gasteiger partial charge in [0, 0.05) is 5.70 Å². The average Bonchev–Trinajstić information content (AvgIpc) is 2.91. The van der Waals surface area contributed by atoms with Crippen molar-refractivity contribution in [3.05, 3.63) is 112 Å². The number of halogens is 1. The van der Waals surface area contributed by atoms with E-state index in [1.165, 1.54) is 24.3 Å². The van der Waals surface area contributed by atoms with E-state index in [2.05, 4.69) is 16.7 Å². The Hall–Kier alpha value is -4.64. The van der Waals surface area contributed by atoms with E-state index in [9.17, 15) is 14.0 Å². The number of esters is 1. The number of nitriles is 1. The van der Waals surface area contributed by atoms with Gasteiger partial charge in [0.25, 0.3) is 0 Å². The number of rotatable bonds is 8. The Kier molecular flexibility index (Phi) is 7.61. The zero-order chi connectivity index (χ0) is 25.5. The SMILES string of the molecule is COc1ccc(CCC2=C(C(=O)OCc3cccc(C#N)c3)C(c3ccc(F)cc3)NC(=O)N2)cc1. The van der Waals surface area contributed by atoms with E-state index in [0.717, 1.165) is 11.3 Å². The molecule has 1 aliphatic heterocycles. The molecule has 182 valence electrons. The van der Waals surface area contributed by atoms with Crippen molar-refractivity contribution < 1.29 is 23.5 Å². The zero-order valence-corrected chi connectivity index (χ0v) is 19.6. The van der Waals surface area contributed by atoms with Crippen molar-refractivity contribution in [1.82, 2.24) is 10.6 Å². The lowest BCUT2D eigenvalue weighted by atomic mass is 9.93. The van der Waals surface area contributed by atoms with Crippen LogP contribution in [0, 0.1) is 17.1 Å². The number of hydrogen-bond donors (Lipinski definition) is 2. The topological polar surface area (TPSA) is 100 Å². The van der Waals surface area contributed by atoms with Gasteiger partial charge in [-0.2, -0.15) is 5.26 Å². The molecule has 7 nitrogen and oxygen atoms in total. The van der Waals surface area contributed by atoms with Crippen LogP contribution in [-0.2, 0) is 22.6 Å². The summed E-state index contributed by atoms with van der Waals surface area (Å²) in [6.45, 7) is -0.0479. The molecule has 3 aromatic rings. The molecule has 0 aliphatic carbocycles. The molecule has 1 atom stereocenters. The first kappa shape index (κ1) is 24.5. The lowest BCUT2D eigenvalue weighted by Gasteiger charge is -2.29. The monoisotopic (exact) mass is 485 g/mol. The highest BCUT2D eigenvalue weighted by atomic mass is 19.1. The molecule has 0 bridgehead atoms. The molecule has 0 fully saturated rings. The normalized spacial score (nSPS) is 14.9. The van der Waals surface area contributed by atoms with Crippen LogP contribution in [0.15, 0.2) is 84.1 Å². The third kappa shape index (κ3) is 5.88. The van der Waals surface area contributed by atoms with Gasteiger partial charge in [0.2, 0.25) is 0 Å². The van der Waals surface area contributed by atoms with Crippen LogP contribution in [0.3, 0.4) is 0 Å². The molecular formula is C28H24FN3O4. The van der Waals surface area contributed by atoms with Gasteiger partial charge in [0.1, 0.15) is 18.2 Å². The molecule has 2 amide bonds. The summed E-state index contributed by atoms with van der Waals surface area (Å²) < 4.78 is 24.4. The molecule has 0 spiro atoms. The van der Waals surface area contributed by atoms with Gasteiger partial charge in [-0.05, 0) is 65.9 Å². The molecule has 0 saturated heterocycles. The molecule has 1 heterocycles. The summed E-state index contributed by atoms with van der Waals surface area (Å²) in [5.41, 5.74) is 3.33. The van der Waals surface area contributed by atoms with Crippen LogP contribution in [0.1, 0.15) is 34.7 Å². The van der Waals surface area contributed by atoms with Crippen molar-refractivity contribution >= 4 is 12.0 Å². The first-order valence-corrected chi connectivity index (χ1v) is 11.3. The third-order valence-electron chi connectivity index (χ3n) is 5.83. The number of methoxy groups -OCH3 is 1. The number of aryl methyl sites for hydroxylation is 1. The minimum Gasteiger partial charge on any atom is -0.497 e. The lowest BCUT2D eigenvalue weighted by Crippen LogP contribution is -2.46. The fourth-order valence-electron chi connectivity index (χ4n) is 3.98. The maximum absolute atomic E-state index is 13.6. The van der Waals surface area contributed by atoms with E-state index in [0.29, 0.717) is 35.2 Å². The van der Waals surface area contributed by atoms with Crippen LogP contribution < -0.4 is 15.4 Å². The average molecular weight is 486 g/mol. The van der Waals surface area contributed by atoms with Crippen LogP contribution in [0.4, 0.5) is 9.18 Å². The Bertz CT molecular complexity index is 1330. The van der Waals surface area contributed by atoms with Gasteiger partial charge in [-0.3, -0.25) is 0 Å². The largest absolute Gasteiger partial charge is 0.497 e. The molecule has 36 heavy (non-hydrogen) atoms. The van der Waals surface area contributed by atoms with Crippen LogP contribution in [-0.4, -0.2) is 19.1 Å². The molecular weight excluding hydrogens is 461 g/mol. The van der Waals surface area contributed by atoms with E-state index in [4.69, 9.17) is 14.7 Å². The fourth-order valence-corrected chi connectivity index (χ4v) is 3.98. The van der Waals surface area contributed by atoms with Crippen molar-refractivity contribution in [2.75, 3.05) is 7.11 Å². The molecule has 2 N–H and O–H groups in total. The number of amides is 2. The van der Waals surface area contributed by atoms with Crippen LogP contribution >= 0.6 is 0 Å². The second kappa shape index (κ2) is 11.2. The van der Waals surface area contributed by atoms with Gasteiger partial charge in [-0.25, -0.2) is 14.0 Å². The maximum atomic E-state index is 13.6. The van der Waals surface area contributed by atoms with Crippen LogP contribution in [0.5, 0.6) is 5.75 Å². The van der Waals surface area contributed by atoms with Crippen LogP contribution in [0.25, 0.3) is 0 Å². The van der Waals surface area contributed by atoms with Crippen molar-refractivity contribution in [1.29, 1.82) is 5.26 Å². The summed E-state index contributed by atoms with van der Waals surface area (Å²) >= 11 is 0. The number of nitrogens with zero attached hydrogens (tertiary/aromatic N) is 1. The summed E-state index contributed by atoms with van der Waals surface area (Å²) in [7, 11) is 1.59. The molecule has 0 radical (unpaired) electrons. The number of hydrogen-bond acceptors (Lipinski definition) is 5. The highest BCUT2D eigenvalue weighted by Crippen LogP contribution is 2.30. The first-order valence-electron chi connectivity index (χ1n) is 11.3. The van der Waals surface area contributed by atoms with Crippen molar-refractivity contribution in [2.45, 2.75) is 25.5 Å². The van der Waals surface area contributed by atoms with Gasteiger partial charge in [0.15, 0.2) is 0 Å². The Morgan fingerprint density at radius 2 is 1.78 bits per heavy atom. The number of allylic oxidation sites excluding steroid dienone is 1. The van der Waals surface area contributed by atoms with E-state index < -0.39 is 23.9 Å². The minimum atomic E-state index is -0.817. The molecule has 8 heteroatoms. The Morgan fingerprint density at radius 3 is 2.47 bits per heavy atom. The predicted molar refractivity (Wildman–Crippen MR) is 130 cm³/mol. The summed E-state index contributed by atoms with van der Waals surface area (Å²) in [5, 5.41) is 14.6. The summed E-state index contributed by atoms with van der Waals surface area (Å²) in [6.07, 6.45) is 0.919. The van der Waals surface area contributed by atoms with Gasteiger partial charge in [-0.1, -0.05) is 36.4 Å². The Morgan fingerprint density at radius 1 is 1.03 bits per heavy atom. The molecule has 0 aromatic heterocycles. The van der Waals surface area contributed by atoms with Gasteiger partial charge in [-0.15, -0.1) is 0 Å². The molecule has 3 aromatic carbocycles. The second-order valence-corrected chi connectivity index (χ2v) is 8.21.